The second-order valence-electron chi connectivity index (χ2n) is 4.28. The van der Waals surface area contributed by atoms with E-state index in [0.29, 0.717) is 12.6 Å². The monoisotopic (exact) mass is 306 g/mol. The van der Waals surface area contributed by atoms with Crippen molar-refractivity contribution in [3.8, 4) is 0 Å². The number of carbonyl (C=O) groups is 2. The van der Waals surface area contributed by atoms with Crippen LogP contribution in [0.15, 0.2) is 18.2 Å². The summed E-state index contributed by atoms with van der Waals surface area (Å²) in [5.74, 6) is -3.12. The van der Waals surface area contributed by atoms with Gasteiger partial charge in [0.25, 0.3) is 5.91 Å². The number of hydrogen-bond donors (Lipinski definition) is 1. The van der Waals surface area contributed by atoms with E-state index in [2.05, 4.69) is 5.32 Å². The average molecular weight is 306 g/mol. The molecule has 0 aromatic heterocycles. The molecule has 0 bridgehead atoms. The number of nitrogens with zero attached hydrogens (tertiary/aromatic N) is 1. The summed E-state index contributed by atoms with van der Waals surface area (Å²) in [7, 11) is 1.21. The molecular weight excluding hydrogens is 292 g/mol. The van der Waals surface area contributed by atoms with E-state index in [1.54, 1.807) is 6.92 Å². The summed E-state index contributed by atoms with van der Waals surface area (Å²) < 4.78 is 51.5. The topological polar surface area (TPSA) is 49.4 Å². The van der Waals surface area contributed by atoms with Gasteiger partial charge in [0.1, 0.15) is 5.82 Å². The highest BCUT2D eigenvalue weighted by Gasteiger charge is 2.36. The number of nitrogens with one attached hydrogen (secondary N) is 1. The fourth-order valence-electron chi connectivity index (χ4n) is 1.66. The molecule has 0 heterocycles. The van der Waals surface area contributed by atoms with Crippen molar-refractivity contribution < 1.29 is 27.2 Å². The molecule has 0 aliphatic heterocycles. The molecule has 21 heavy (non-hydrogen) atoms. The van der Waals surface area contributed by atoms with Gasteiger partial charge in [-0.1, -0.05) is 6.07 Å². The second-order valence-corrected chi connectivity index (χ2v) is 4.28. The molecule has 0 spiro atoms. The fourth-order valence-corrected chi connectivity index (χ4v) is 1.66. The van der Waals surface area contributed by atoms with E-state index in [0.717, 1.165) is 17.0 Å². The van der Waals surface area contributed by atoms with Crippen LogP contribution in [0.1, 0.15) is 22.8 Å². The summed E-state index contributed by atoms with van der Waals surface area (Å²) in [6.07, 6.45) is -4.89. The quantitative estimate of drug-likeness (QED) is 0.866. The molecule has 0 radical (unpaired) electrons. The van der Waals surface area contributed by atoms with Crippen LogP contribution in [-0.4, -0.2) is 36.9 Å². The lowest BCUT2D eigenvalue weighted by molar-refractivity contribution is -0.140. The van der Waals surface area contributed by atoms with Crippen LogP contribution in [0.25, 0.3) is 0 Å². The first kappa shape index (κ1) is 16.9. The second kappa shape index (κ2) is 6.55. The van der Waals surface area contributed by atoms with Crippen molar-refractivity contribution in [3.05, 3.63) is 35.1 Å². The standard InChI is InChI=1S/C13H14F4N2O2/c1-3-18-10(20)7-19(2)12(21)8-5-4-6-9(11(8)14)13(15,16)17/h4-6H,3,7H2,1-2H3,(H,18,20). The maximum Gasteiger partial charge on any atom is 0.419 e. The molecule has 4 nitrogen and oxygen atoms in total. The highest BCUT2D eigenvalue weighted by atomic mass is 19.4. The van der Waals surface area contributed by atoms with Crippen molar-refractivity contribution >= 4 is 11.8 Å². The van der Waals surface area contributed by atoms with Crippen LogP contribution >= 0.6 is 0 Å². The third-order valence-corrected chi connectivity index (χ3v) is 2.64. The Balaban J connectivity index is 3.00. The summed E-state index contributed by atoms with van der Waals surface area (Å²) in [6, 6.07) is 2.44. The molecule has 2 amide bonds. The molecule has 0 fully saturated rings. The van der Waals surface area contributed by atoms with Gasteiger partial charge in [-0.2, -0.15) is 13.2 Å². The smallest absolute Gasteiger partial charge is 0.355 e. The van der Waals surface area contributed by atoms with Crippen molar-refractivity contribution in [2.45, 2.75) is 13.1 Å². The largest absolute Gasteiger partial charge is 0.419 e. The summed E-state index contributed by atoms with van der Waals surface area (Å²) in [4.78, 5) is 24.1. The molecule has 1 aromatic rings. The first-order valence-corrected chi connectivity index (χ1v) is 6.06. The summed E-state index contributed by atoms with van der Waals surface area (Å²) in [5, 5.41) is 2.43. The lowest BCUT2D eigenvalue weighted by atomic mass is 10.1. The van der Waals surface area contributed by atoms with Gasteiger partial charge < -0.3 is 10.2 Å². The van der Waals surface area contributed by atoms with E-state index in [-0.39, 0.29) is 6.54 Å². The molecule has 0 unspecified atom stereocenters. The van der Waals surface area contributed by atoms with Crippen molar-refractivity contribution in [1.82, 2.24) is 10.2 Å². The van der Waals surface area contributed by atoms with Gasteiger partial charge in [0, 0.05) is 13.6 Å². The van der Waals surface area contributed by atoms with Gasteiger partial charge in [0.2, 0.25) is 5.91 Å². The lowest BCUT2D eigenvalue weighted by Crippen LogP contribution is -2.38. The third kappa shape index (κ3) is 4.17. The van der Waals surface area contributed by atoms with Crippen LogP contribution in [-0.2, 0) is 11.0 Å². The molecule has 1 N–H and O–H groups in total. The summed E-state index contributed by atoms with van der Waals surface area (Å²) in [6.45, 7) is 1.65. The molecule has 0 aliphatic rings. The number of likely N-dealkylation sites (N-methyl/N-ethyl adjacent to an activating group) is 2. The lowest BCUT2D eigenvalue weighted by Gasteiger charge is -2.18. The minimum atomic E-state index is -4.89. The molecule has 116 valence electrons. The number of alkyl halides is 3. The fraction of sp³-hybridized carbons (Fsp3) is 0.385. The predicted molar refractivity (Wildman–Crippen MR) is 67.0 cm³/mol. The van der Waals surface area contributed by atoms with Crippen molar-refractivity contribution in [3.63, 3.8) is 0 Å². The first-order chi connectivity index (χ1) is 9.68. The van der Waals surface area contributed by atoms with Crippen LogP contribution in [0.5, 0.6) is 0 Å². The van der Waals surface area contributed by atoms with E-state index in [9.17, 15) is 27.2 Å². The van der Waals surface area contributed by atoms with Gasteiger partial charge in [-0.25, -0.2) is 4.39 Å². The Labute approximate surface area is 118 Å². The zero-order valence-corrected chi connectivity index (χ0v) is 11.4. The summed E-state index contributed by atoms with van der Waals surface area (Å²) >= 11 is 0. The van der Waals surface area contributed by atoms with Crippen LogP contribution in [0.3, 0.4) is 0 Å². The number of amides is 2. The molecule has 1 aromatic carbocycles. The van der Waals surface area contributed by atoms with Crippen LogP contribution in [0.2, 0.25) is 0 Å². The van der Waals surface area contributed by atoms with Crippen molar-refractivity contribution in [2.24, 2.45) is 0 Å². The Bertz CT molecular complexity index is 543. The van der Waals surface area contributed by atoms with Crippen LogP contribution < -0.4 is 5.32 Å². The van der Waals surface area contributed by atoms with Crippen molar-refractivity contribution in [1.29, 1.82) is 0 Å². The highest BCUT2D eigenvalue weighted by Crippen LogP contribution is 2.32. The molecule has 0 atom stereocenters. The number of hydrogen-bond acceptors (Lipinski definition) is 2. The van der Waals surface area contributed by atoms with Gasteiger partial charge in [-0.15, -0.1) is 0 Å². The van der Waals surface area contributed by atoms with Crippen molar-refractivity contribution in [2.75, 3.05) is 20.1 Å². The Morgan fingerprint density at radius 3 is 2.43 bits per heavy atom. The number of benzene rings is 1. The molecule has 8 heteroatoms. The molecule has 0 aliphatic carbocycles. The Morgan fingerprint density at radius 1 is 1.29 bits per heavy atom. The number of carbonyl (C=O) groups excluding carboxylic acids is 2. The first-order valence-electron chi connectivity index (χ1n) is 6.06. The van der Waals surface area contributed by atoms with Crippen LogP contribution in [0, 0.1) is 5.82 Å². The zero-order chi connectivity index (χ0) is 16.2. The number of rotatable bonds is 4. The van der Waals surface area contributed by atoms with Gasteiger partial charge in [-0.05, 0) is 19.1 Å². The van der Waals surface area contributed by atoms with Crippen LogP contribution in [0.4, 0.5) is 17.6 Å². The van der Waals surface area contributed by atoms with Gasteiger partial charge in [0.15, 0.2) is 0 Å². The van der Waals surface area contributed by atoms with E-state index >= 15 is 0 Å². The number of halogens is 4. The van der Waals surface area contributed by atoms with E-state index in [1.165, 1.54) is 7.05 Å². The van der Waals surface area contributed by atoms with Gasteiger partial charge >= 0.3 is 6.18 Å². The highest BCUT2D eigenvalue weighted by molar-refractivity contribution is 5.96. The molecular formula is C13H14F4N2O2. The Kier molecular flexibility index (Phi) is 5.28. The Morgan fingerprint density at radius 2 is 1.90 bits per heavy atom. The predicted octanol–water partition coefficient (Wildman–Crippen LogP) is 2.05. The van der Waals surface area contributed by atoms with Gasteiger partial charge in [0.05, 0.1) is 17.7 Å². The normalized spacial score (nSPS) is 11.1. The molecule has 0 saturated carbocycles. The van der Waals surface area contributed by atoms with E-state index in [4.69, 9.17) is 0 Å². The van der Waals surface area contributed by atoms with E-state index in [1.807, 2.05) is 0 Å². The summed E-state index contributed by atoms with van der Waals surface area (Å²) in [5.41, 5.74) is -2.24. The minimum Gasteiger partial charge on any atom is -0.355 e. The van der Waals surface area contributed by atoms with Gasteiger partial charge in [-0.3, -0.25) is 9.59 Å². The molecule has 0 saturated heterocycles. The molecule has 1 rings (SSSR count). The Hall–Kier alpha value is -2.12. The van der Waals surface area contributed by atoms with E-state index < -0.39 is 34.9 Å². The minimum absolute atomic E-state index is 0.346. The zero-order valence-electron chi connectivity index (χ0n) is 11.4. The maximum absolute atomic E-state index is 13.8. The third-order valence-electron chi connectivity index (χ3n) is 2.64. The maximum atomic E-state index is 13.8. The average Bonchev–Trinajstić information content (AvgIpc) is 2.37. The SMILES string of the molecule is CCNC(=O)CN(C)C(=O)c1cccc(C(F)(F)F)c1F.